The van der Waals surface area contributed by atoms with Gasteiger partial charge in [0.2, 0.25) is 0 Å². The number of benzene rings is 2. The number of hydrazine groups is 1. The molecular formula is C25H24N2O8. The first-order valence-electron chi connectivity index (χ1n) is 10.7. The van der Waals surface area contributed by atoms with E-state index in [0.717, 1.165) is 6.08 Å². The summed E-state index contributed by atoms with van der Waals surface area (Å²) in [7, 11) is 0. The van der Waals surface area contributed by atoms with Gasteiger partial charge in [-0.1, -0.05) is 18.6 Å². The Balaban J connectivity index is 1.40. The molecule has 10 nitrogen and oxygen atoms in total. The minimum atomic E-state index is -0.652. The van der Waals surface area contributed by atoms with Gasteiger partial charge in [0.15, 0.2) is 0 Å². The van der Waals surface area contributed by atoms with Crippen molar-refractivity contribution in [3.05, 3.63) is 66.7 Å². The van der Waals surface area contributed by atoms with Crippen LogP contribution in [0.4, 0.5) is 0 Å². The van der Waals surface area contributed by atoms with Gasteiger partial charge in [-0.25, -0.2) is 9.59 Å². The predicted molar refractivity (Wildman–Crippen MR) is 122 cm³/mol. The van der Waals surface area contributed by atoms with Crippen molar-refractivity contribution < 1.29 is 38.3 Å². The largest absolute Gasteiger partial charge is 0.426 e. The van der Waals surface area contributed by atoms with Crippen LogP contribution in [0.15, 0.2) is 61.2 Å². The molecule has 182 valence electrons. The monoisotopic (exact) mass is 480 g/mol. The number of hydrogen-bond acceptors (Lipinski definition) is 10. The SMILES string of the molecule is C#COc1ccc(C(=O)Oc2ccc(OC(=O)C3CCC(ONNOC(=O)C=C)CC3)cc2)cc1. The first kappa shape index (κ1) is 25.5. The maximum atomic E-state index is 12.5. The van der Waals surface area contributed by atoms with Crippen LogP contribution < -0.4 is 25.4 Å². The molecule has 1 saturated carbocycles. The van der Waals surface area contributed by atoms with Gasteiger partial charge in [0, 0.05) is 6.08 Å². The maximum Gasteiger partial charge on any atom is 0.350 e. The lowest BCUT2D eigenvalue weighted by Gasteiger charge is -2.26. The van der Waals surface area contributed by atoms with E-state index >= 15 is 0 Å². The Morgan fingerprint density at radius 3 is 2.09 bits per heavy atom. The van der Waals surface area contributed by atoms with Crippen molar-refractivity contribution in [2.75, 3.05) is 0 Å². The number of carbonyl (C=O) groups is 3. The van der Waals surface area contributed by atoms with Gasteiger partial charge in [0.25, 0.3) is 0 Å². The van der Waals surface area contributed by atoms with E-state index in [1.807, 2.05) is 6.11 Å². The van der Waals surface area contributed by atoms with Gasteiger partial charge in [-0.15, -0.1) is 5.59 Å². The van der Waals surface area contributed by atoms with E-state index in [2.05, 4.69) is 22.6 Å². The number of hydrogen-bond donors (Lipinski definition) is 2. The lowest BCUT2D eigenvalue weighted by molar-refractivity contribution is -0.171. The molecule has 2 aromatic rings. The van der Waals surface area contributed by atoms with Gasteiger partial charge in [-0.2, -0.15) is 0 Å². The molecule has 35 heavy (non-hydrogen) atoms. The topological polar surface area (TPSA) is 121 Å². The second-order valence-corrected chi connectivity index (χ2v) is 7.45. The molecular weight excluding hydrogens is 456 g/mol. The molecule has 3 rings (SSSR count). The summed E-state index contributed by atoms with van der Waals surface area (Å²) < 4.78 is 15.7. The fraction of sp³-hybridized carbons (Fsp3) is 0.240. The molecule has 0 amide bonds. The maximum absolute atomic E-state index is 12.5. The Bertz CT molecular complexity index is 1070. The summed E-state index contributed by atoms with van der Waals surface area (Å²) in [5.41, 5.74) is 4.82. The van der Waals surface area contributed by atoms with Gasteiger partial charge >= 0.3 is 17.9 Å². The molecule has 0 heterocycles. The van der Waals surface area contributed by atoms with Crippen LogP contribution in [0, 0.1) is 18.4 Å². The average Bonchev–Trinajstić information content (AvgIpc) is 2.88. The highest BCUT2D eigenvalue weighted by Crippen LogP contribution is 2.28. The Labute approximate surface area is 202 Å². The second kappa shape index (κ2) is 12.9. The minimum absolute atomic E-state index is 0.149. The van der Waals surface area contributed by atoms with Gasteiger partial charge in [-0.3, -0.25) is 9.63 Å². The van der Waals surface area contributed by atoms with E-state index in [-0.39, 0.29) is 18.0 Å². The smallest absolute Gasteiger partial charge is 0.350 e. The van der Waals surface area contributed by atoms with Crippen LogP contribution in [0.3, 0.4) is 0 Å². The standard InChI is InChI=1S/C25H24N2O8/c1-3-23(28)35-27-26-34-22-11-7-18(8-12-22)25(30)33-21-15-13-20(14-16-21)32-24(29)17-5-9-19(10-6-17)31-4-2/h2-3,5-6,9-10,13-16,18,22,26-27H,1,7-8,11-12H2. The minimum Gasteiger partial charge on any atom is -0.426 e. The molecule has 0 unspecified atom stereocenters. The van der Waals surface area contributed by atoms with Crippen LogP contribution in [-0.4, -0.2) is 24.0 Å². The summed E-state index contributed by atoms with van der Waals surface area (Å²) in [5.74, 6) is -0.717. The van der Waals surface area contributed by atoms with Crippen LogP contribution in [-0.2, 0) is 19.3 Å². The number of terminal acetylenes is 1. The average molecular weight is 480 g/mol. The predicted octanol–water partition coefficient (Wildman–Crippen LogP) is 3.01. The summed E-state index contributed by atoms with van der Waals surface area (Å²) in [6.07, 6.45) is 10.4. The van der Waals surface area contributed by atoms with Gasteiger partial charge in [0.05, 0.1) is 17.6 Å². The summed E-state index contributed by atoms with van der Waals surface area (Å²) in [6.45, 7) is 3.26. The molecule has 0 aromatic heterocycles. The lowest BCUT2D eigenvalue weighted by Crippen LogP contribution is -2.39. The van der Waals surface area contributed by atoms with E-state index in [4.69, 9.17) is 25.5 Å². The first-order valence-corrected chi connectivity index (χ1v) is 10.7. The summed E-state index contributed by atoms with van der Waals surface area (Å²) in [5, 5.41) is 0. The molecule has 0 spiro atoms. The molecule has 2 N–H and O–H groups in total. The molecule has 0 saturated heterocycles. The Morgan fingerprint density at radius 2 is 1.49 bits per heavy atom. The van der Waals surface area contributed by atoms with Crippen LogP contribution in [0.25, 0.3) is 0 Å². The van der Waals surface area contributed by atoms with Crippen molar-refractivity contribution in [2.24, 2.45) is 5.92 Å². The van der Waals surface area contributed by atoms with Crippen LogP contribution in [0.2, 0.25) is 0 Å². The molecule has 0 atom stereocenters. The zero-order valence-electron chi connectivity index (χ0n) is 18.7. The van der Waals surface area contributed by atoms with Crippen molar-refractivity contribution in [1.82, 2.24) is 11.2 Å². The number of rotatable bonds is 10. The van der Waals surface area contributed by atoms with E-state index in [9.17, 15) is 14.4 Å². The fourth-order valence-electron chi connectivity index (χ4n) is 3.30. The van der Waals surface area contributed by atoms with Gasteiger partial charge in [-0.05, 0) is 74.2 Å². The molecule has 0 bridgehead atoms. The zero-order valence-corrected chi connectivity index (χ0v) is 18.7. The Morgan fingerprint density at radius 1 is 0.886 bits per heavy atom. The summed E-state index contributed by atoms with van der Waals surface area (Å²) >= 11 is 0. The summed E-state index contributed by atoms with van der Waals surface area (Å²) in [4.78, 5) is 45.5. The van der Waals surface area contributed by atoms with E-state index in [1.165, 1.54) is 12.1 Å². The molecule has 1 fully saturated rings. The van der Waals surface area contributed by atoms with Crippen LogP contribution in [0.5, 0.6) is 17.2 Å². The van der Waals surface area contributed by atoms with Gasteiger partial charge in [0.1, 0.15) is 23.4 Å². The van der Waals surface area contributed by atoms with Crippen LogP contribution >= 0.6 is 0 Å². The number of carbonyl (C=O) groups excluding carboxylic acids is 3. The highest BCUT2D eigenvalue weighted by molar-refractivity contribution is 5.91. The second-order valence-electron chi connectivity index (χ2n) is 7.45. The quantitative estimate of drug-likeness (QED) is 0.131. The lowest BCUT2D eigenvalue weighted by atomic mass is 9.87. The third-order valence-electron chi connectivity index (χ3n) is 5.11. The van der Waals surface area contributed by atoms with Crippen molar-refractivity contribution >= 4 is 17.9 Å². The normalized spacial score (nSPS) is 16.9. The third-order valence-corrected chi connectivity index (χ3v) is 5.11. The third kappa shape index (κ3) is 7.97. The highest BCUT2D eigenvalue weighted by Gasteiger charge is 2.28. The number of ether oxygens (including phenoxy) is 3. The summed E-state index contributed by atoms with van der Waals surface area (Å²) in [6, 6.07) is 12.4. The Kier molecular flexibility index (Phi) is 9.39. The Hall–Kier alpha value is -4.17. The molecule has 0 aliphatic heterocycles. The van der Waals surface area contributed by atoms with E-state index in [1.54, 1.807) is 36.4 Å². The molecule has 1 aliphatic carbocycles. The molecule has 2 aromatic carbocycles. The first-order chi connectivity index (χ1) is 17.0. The molecule has 0 radical (unpaired) electrons. The molecule has 1 aliphatic rings. The highest BCUT2D eigenvalue weighted by atomic mass is 16.8. The number of nitrogens with one attached hydrogen (secondary N) is 2. The van der Waals surface area contributed by atoms with Crippen molar-refractivity contribution in [3.63, 3.8) is 0 Å². The van der Waals surface area contributed by atoms with Crippen molar-refractivity contribution in [2.45, 2.75) is 31.8 Å². The molecule has 10 heteroatoms. The van der Waals surface area contributed by atoms with Gasteiger partial charge < -0.3 is 19.0 Å². The van der Waals surface area contributed by atoms with E-state index in [0.29, 0.717) is 48.5 Å². The number of esters is 2. The van der Waals surface area contributed by atoms with E-state index < -0.39 is 11.9 Å². The van der Waals surface area contributed by atoms with Crippen molar-refractivity contribution in [1.29, 1.82) is 0 Å². The fourth-order valence-corrected chi connectivity index (χ4v) is 3.30. The zero-order chi connectivity index (χ0) is 25.0. The van der Waals surface area contributed by atoms with Crippen molar-refractivity contribution in [3.8, 4) is 29.8 Å². The van der Waals surface area contributed by atoms with Crippen LogP contribution in [0.1, 0.15) is 36.0 Å².